The fourth-order valence-corrected chi connectivity index (χ4v) is 1.65. The Bertz CT molecular complexity index is 507. The van der Waals surface area contributed by atoms with E-state index >= 15 is 0 Å². The largest absolute Gasteiger partial charge is 0.354 e. The van der Waals surface area contributed by atoms with E-state index in [2.05, 4.69) is 10.3 Å². The summed E-state index contributed by atoms with van der Waals surface area (Å²) in [4.78, 5) is 27.4. The van der Waals surface area contributed by atoms with Gasteiger partial charge in [0, 0.05) is 19.7 Å². The second-order valence-electron chi connectivity index (χ2n) is 4.79. The molecule has 0 aliphatic carbocycles. The topological polar surface area (TPSA) is 88.4 Å². The zero-order valence-corrected chi connectivity index (χ0v) is 12.3. The molecule has 0 fully saturated rings. The van der Waals surface area contributed by atoms with Gasteiger partial charge in [0.1, 0.15) is 5.15 Å². The summed E-state index contributed by atoms with van der Waals surface area (Å²) >= 11 is 5.74. The summed E-state index contributed by atoms with van der Waals surface area (Å²) in [6, 6.07) is 2.61. The summed E-state index contributed by atoms with van der Waals surface area (Å²) < 4.78 is 0. The summed E-state index contributed by atoms with van der Waals surface area (Å²) in [6.45, 7) is 4.49. The zero-order chi connectivity index (χ0) is 15.3. The Morgan fingerprint density at radius 2 is 2.20 bits per heavy atom. The van der Waals surface area contributed by atoms with E-state index in [-0.39, 0.29) is 29.1 Å². The van der Waals surface area contributed by atoms with Crippen LogP contribution in [0.4, 0.5) is 11.5 Å². The Labute approximate surface area is 122 Å². The number of rotatable bonds is 6. The van der Waals surface area contributed by atoms with Crippen molar-refractivity contribution < 1.29 is 9.72 Å². The highest BCUT2D eigenvalue weighted by Gasteiger charge is 2.20. The van der Waals surface area contributed by atoms with Gasteiger partial charge in [-0.2, -0.15) is 0 Å². The molecule has 1 rings (SSSR count). The molecular weight excluding hydrogens is 284 g/mol. The first kappa shape index (κ1) is 16.2. The molecule has 0 aliphatic rings. The van der Waals surface area contributed by atoms with Crippen LogP contribution in [0.5, 0.6) is 0 Å². The highest BCUT2D eigenvalue weighted by atomic mass is 35.5. The third-order valence-electron chi connectivity index (χ3n) is 2.47. The number of carbonyl (C=O) groups is 1. The van der Waals surface area contributed by atoms with E-state index in [1.807, 2.05) is 13.8 Å². The molecule has 0 unspecified atom stereocenters. The van der Waals surface area contributed by atoms with E-state index in [1.165, 1.54) is 17.0 Å². The van der Waals surface area contributed by atoms with Crippen LogP contribution < -0.4 is 10.2 Å². The Balaban J connectivity index is 2.81. The third kappa shape index (κ3) is 4.65. The minimum Gasteiger partial charge on any atom is -0.354 e. The number of likely N-dealkylation sites (N-methyl/N-ethyl adjacent to an activating group) is 1. The lowest BCUT2D eigenvalue weighted by Crippen LogP contribution is -2.37. The number of nitrogens with zero attached hydrogens (tertiary/aromatic N) is 3. The average molecular weight is 301 g/mol. The zero-order valence-electron chi connectivity index (χ0n) is 11.6. The number of carbonyl (C=O) groups excluding carboxylic acids is 1. The maximum atomic E-state index is 11.7. The maximum Gasteiger partial charge on any atom is 0.311 e. The summed E-state index contributed by atoms with van der Waals surface area (Å²) in [5.41, 5.74) is -0.187. The van der Waals surface area contributed by atoms with Crippen molar-refractivity contribution in [1.29, 1.82) is 0 Å². The number of hydrogen-bond donors (Lipinski definition) is 1. The van der Waals surface area contributed by atoms with Crippen molar-refractivity contribution in [3.63, 3.8) is 0 Å². The molecule has 0 saturated heterocycles. The first-order valence-electron chi connectivity index (χ1n) is 6.10. The van der Waals surface area contributed by atoms with E-state index in [4.69, 9.17) is 11.6 Å². The fraction of sp³-hybridized carbons (Fsp3) is 0.500. The smallest absolute Gasteiger partial charge is 0.311 e. The lowest BCUT2D eigenvalue weighted by molar-refractivity contribution is -0.384. The highest BCUT2D eigenvalue weighted by molar-refractivity contribution is 6.29. The van der Waals surface area contributed by atoms with Crippen LogP contribution in [0.1, 0.15) is 13.8 Å². The number of halogens is 1. The first-order chi connectivity index (χ1) is 9.31. The van der Waals surface area contributed by atoms with Crippen molar-refractivity contribution in [2.24, 2.45) is 5.92 Å². The van der Waals surface area contributed by atoms with Crippen molar-refractivity contribution >= 4 is 29.0 Å². The number of hydrogen-bond acceptors (Lipinski definition) is 5. The second kappa shape index (κ2) is 7.04. The van der Waals surface area contributed by atoms with Crippen LogP contribution in [0.15, 0.2) is 12.1 Å². The number of nitrogens with one attached hydrogen (secondary N) is 1. The van der Waals surface area contributed by atoms with Gasteiger partial charge in [-0.15, -0.1) is 0 Å². The third-order valence-corrected chi connectivity index (χ3v) is 2.68. The Kier molecular flexibility index (Phi) is 5.69. The van der Waals surface area contributed by atoms with Crippen molar-refractivity contribution in [2.45, 2.75) is 13.8 Å². The lowest BCUT2D eigenvalue weighted by atomic mass is 10.2. The van der Waals surface area contributed by atoms with Gasteiger partial charge in [0.15, 0.2) is 0 Å². The van der Waals surface area contributed by atoms with Crippen molar-refractivity contribution in [2.75, 3.05) is 25.0 Å². The predicted molar refractivity (Wildman–Crippen MR) is 77.0 cm³/mol. The van der Waals surface area contributed by atoms with Crippen LogP contribution in [0.2, 0.25) is 5.15 Å². The highest BCUT2D eigenvalue weighted by Crippen LogP contribution is 2.26. The van der Waals surface area contributed by atoms with Gasteiger partial charge < -0.3 is 10.2 Å². The van der Waals surface area contributed by atoms with Crippen molar-refractivity contribution in [1.82, 2.24) is 10.3 Å². The quantitative estimate of drug-likeness (QED) is 0.492. The monoisotopic (exact) mass is 300 g/mol. The number of anilines is 1. The second-order valence-corrected chi connectivity index (χ2v) is 5.18. The Morgan fingerprint density at radius 3 is 2.75 bits per heavy atom. The van der Waals surface area contributed by atoms with Crippen LogP contribution in [0.3, 0.4) is 0 Å². The molecule has 1 heterocycles. The van der Waals surface area contributed by atoms with Gasteiger partial charge in [0.2, 0.25) is 11.7 Å². The summed E-state index contributed by atoms with van der Waals surface area (Å²) in [7, 11) is 1.56. The Morgan fingerprint density at radius 1 is 1.55 bits per heavy atom. The molecule has 7 nitrogen and oxygen atoms in total. The van der Waals surface area contributed by atoms with Gasteiger partial charge in [-0.05, 0) is 12.0 Å². The molecule has 0 radical (unpaired) electrons. The average Bonchev–Trinajstić information content (AvgIpc) is 2.35. The molecule has 0 spiro atoms. The standard InChI is InChI=1S/C12H17ClN4O3/c1-8(2)6-14-11(18)7-16(3)12-9(17(19)20)4-5-10(13)15-12/h4-5,8H,6-7H2,1-3H3,(H,14,18). The molecule has 8 heteroatoms. The maximum absolute atomic E-state index is 11.7. The van der Waals surface area contributed by atoms with Crippen molar-refractivity contribution in [3.05, 3.63) is 27.4 Å². The molecular formula is C12H17ClN4O3. The van der Waals surface area contributed by atoms with E-state index in [0.717, 1.165) is 0 Å². The Hall–Kier alpha value is -1.89. The van der Waals surface area contributed by atoms with Crippen LogP contribution in [0.25, 0.3) is 0 Å². The minimum atomic E-state index is -0.554. The molecule has 0 saturated carbocycles. The van der Waals surface area contributed by atoms with Crippen LogP contribution >= 0.6 is 11.6 Å². The number of amides is 1. The van der Waals surface area contributed by atoms with Gasteiger partial charge in [-0.1, -0.05) is 25.4 Å². The SMILES string of the molecule is CC(C)CNC(=O)CN(C)c1nc(Cl)ccc1[N+](=O)[O-]. The molecule has 0 bridgehead atoms. The van der Waals surface area contributed by atoms with E-state index < -0.39 is 4.92 Å². The van der Waals surface area contributed by atoms with E-state index in [9.17, 15) is 14.9 Å². The number of aromatic nitrogens is 1. The molecule has 0 aromatic carbocycles. The normalized spacial score (nSPS) is 10.4. The molecule has 20 heavy (non-hydrogen) atoms. The molecule has 1 N–H and O–H groups in total. The molecule has 1 amide bonds. The molecule has 110 valence electrons. The van der Waals surface area contributed by atoms with Gasteiger partial charge >= 0.3 is 5.69 Å². The predicted octanol–water partition coefficient (Wildman–Crippen LogP) is 1.85. The van der Waals surface area contributed by atoms with E-state index in [1.54, 1.807) is 7.05 Å². The van der Waals surface area contributed by atoms with E-state index in [0.29, 0.717) is 12.5 Å². The number of pyridine rings is 1. The lowest BCUT2D eigenvalue weighted by Gasteiger charge is -2.18. The summed E-state index contributed by atoms with van der Waals surface area (Å²) in [5, 5.41) is 13.8. The van der Waals surface area contributed by atoms with Crippen LogP contribution in [0, 0.1) is 16.0 Å². The molecule has 0 atom stereocenters. The van der Waals surface area contributed by atoms with Gasteiger partial charge in [-0.3, -0.25) is 14.9 Å². The summed E-state index contributed by atoms with van der Waals surface area (Å²) in [5.74, 6) is 0.183. The first-order valence-corrected chi connectivity index (χ1v) is 6.47. The molecule has 1 aromatic rings. The van der Waals surface area contributed by atoms with Crippen molar-refractivity contribution in [3.8, 4) is 0 Å². The fourth-order valence-electron chi connectivity index (χ4n) is 1.51. The van der Waals surface area contributed by atoms with Gasteiger partial charge in [0.25, 0.3) is 0 Å². The van der Waals surface area contributed by atoms with Crippen LogP contribution in [-0.4, -0.2) is 36.0 Å². The molecule has 1 aromatic heterocycles. The van der Waals surface area contributed by atoms with Gasteiger partial charge in [0.05, 0.1) is 11.5 Å². The molecule has 0 aliphatic heterocycles. The number of nitro groups is 1. The van der Waals surface area contributed by atoms with Gasteiger partial charge in [-0.25, -0.2) is 4.98 Å². The minimum absolute atomic E-state index is 0.0269. The summed E-state index contributed by atoms with van der Waals surface area (Å²) in [6.07, 6.45) is 0. The van der Waals surface area contributed by atoms with Crippen LogP contribution in [-0.2, 0) is 4.79 Å².